The molecule has 0 aromatic rings. The molecule has 2 N–H and O–H groups in total. The van der Waals surface area contributed by atoms with Crippen LogP contribution >= 0.6 is 0 Å². The molecular weight excluding hydrogens is 264 g/mol. The first kappa shape index (κ1) is 16.9. The normalized spacial score (nSPS) is 32.2. The topological polar surface area (TPSA) is 93.1 Å². The van der Waals surface area contributed by atoms with E-state index < -0.39 is 0 Å². The molecule has 0 aromatic heterocycles. The van der Waals surface area contributed by atoms with E-state index in [4.69, 9.17) is 10.2 Å². The molecule has 0 unspecified atom stereocenters. The molecule has 0 radical (unpaired) electrons. The van der Waals surface area contributed by atoms with Crippen molar-refractivity contribution in [3.05, 3.63) is 0 Å². The van der Waals surface area contributed by atoms with Crippen molar-refractivity contribution in [3.8, 4) is 0 Å². The highest BCUT2D eigenvalue weighted by Crippen LogP contribution is 2.26. The smallest absolute Gasteiger partial charge is 0.308 e. The summed E-state index contributed by atoms with van der Waals surface area (Å²) >= 11 is 0. The Morgan fingerprint density at radius 3 is 1.35 bits per heavy atom. The lowest BCUT2D eigenvalue weighted by atomic mass is 10.1. The summed E-state index contributed by atoms with van der Waals surface area (Å²) in [7, 11) is 2.76. The van der Waals surface area contributed by atoms with Gasteiger partial charge in [0.25, 0.3) is 0 Å². The predicted molar refractivity (Wildman–Crippen MR) is 70.7 cm³/mol. The van der Waals surface area contributed by atoms with E-state index in [-0.39, 0.29) is 36.0 Å². The molecule has 2 fully saturated rings. The number of ether oxygens (including phenoxy) is 2. The molecule has 116 valence electrons. The highest BCUT2D eigenvalue weighted by atomic mass is 16.5. The third-order valence-electron chi connectivity index (χ3n) is 3.88. The molecule has 0 aromatic carbocycles. The van der Waals surface area contributed by atoms with Crippen LogP contribution in [0.5, 0.6) is 0 Å². The molecular formula is C14H24O6. The van der Waals surface area contributed by atoms with Crippen molar-refractivity contribution in [1.29, 1.82) is 0 Å². The van der Waals surface area contributed by atoms with E-state index in [1.54, 1.807) is 0 Å². The molecule has 0 amide bonds. The van der Waals surface area contributed by atoms with Crippen molar-refractivity contribution in [3.63, 3.8) is 0 Å². The van der Waals surface area contributed by atoms with Gasteiger partial charge < -0.3 is 19.7 Å². The van der Waals surface area contributed by atoms with Gasteiger partial charge in [0, 0.05) is 0 Å². The van der Waals surface area contributed by atoms with Crippen molar-refractivity contribution in [2.75, 3.05) is 14.2 Å². The third-order valence-corrected chi connectivity index (χ3v) is 3.88. The van der Waals surface area contributed by atoms with E-state index in [0.717, 1.165) is 25.7 Å². The second-order valence-corrected chi connectivity index (χ2v) is 5.37. The Morgan fingerprint density at radius 2 is 1.15 bits per heavy atom. The van der Waals surface area contributed by atoms with Gasteiger partial charge in [0.15, 0.2) is 0 Å². The van der Waals surface area contributed by atoms with Crippen LogP contribution in [0.15, 0.2) is 0 Å². The second-order valence-electron chi connectivity index (χ2n) is 5.37. The average molecular weight is 288 g/mol. The summed E-state index contributed by atoms with van der Waals surface area (Å²) in [4.78, 5) is 21.7. The van der Waals surface area contributed by atoms with Gasteiger partial charge in [0.05, 0.1) is 38.3 Å². The monoisotopic (exact) mass is 288 g/mol. The van der Waals surface area contributed by atoms with Gasteiger partial charge in [-0.05, 0) is 38.5 Å². The SMILES string of the molecule is COC(=O)[C@@H]1CC[C@H](O)C1.COC(=O)[C@H]1CC[C@@H](O)C1. The minimum absolute atomic E-state index is 0.0556. The van der Waals surface area contributed by atoms with Gasteiger partial charge in [0.2, 0.25) is 0 Å². The van der Waals surface area contributed by atoms with Crippen molar-refractivity contribution < 1.29 is 29.3 Å². The van der Waals surface area contributed by atoms with E-state index in [1.807, 2.05) is 0 Å². The van der Waals surface area contributed by atoms with Crippen LogP contribution in [0, 0.1) is 11.8 Å². The van der Waals surface area contributed by atoms with Crippen LogP contribution in [0.3, 0.4) is 0 Å². The van der Waals surface area contributed by atoms with Crippen LogP contribution in [0.4, 0.5) is 0 Å². The maximum absolute atomic E-state index is 10.8. The minimum atomic E-state index is -0.288. The zero-order valence-electron chi connectivity index (χ0n) is 12.1. The van der Waals surface area contributed by atoms with Crippen LogP contribution < -0.4 is 0 Å². The van der Waals surface area contributed by atoms with E-state index >= 15 is 0 Å². The van der Waals surface area contributed by atoms with E-state index in [9.17, 15) is 9.59 Å². The molecule has 2 aliphatic rings. The number of esters is 2. The quantitative estimate of drug-likeness (QED) is 0.724. The third kappa shape index (κ3) is 5.09. The summed E-state index contributed by atoms with van der Waals surface area (Å²) in [5, 5.41) is 18.1. The first-order valence-electron chi connectivity index (χ1n) is 6.99. The first-order chi connectivity index (χ1) is 9.47. The summed E-state index contributed by atoms with van der Waals surface area (Å²) in [6.45, 7) is 0. The zero-order chi connectivity index (χ0) is 15.1. The van der Waals surface area contributed by atoms with Crippen LogP contribution in [-0.2, 0) is 19.1 Å². The van der Waals surface area contributed by atoms with Gasteiger partial charge in [-0.3, -0.25) is 9.59 Å². The first-order valence-corrected chi connectivity index (χ1v) is 6.99. The number of carbonyl (C=O) groups excluding carboxylic acids is 2. The Morgan fingerprint density at radius 1 is 0.800 bits per heavy atom. The lowest BCUT2D eigenvalue weighted by Crippen LogP contribution is -2.13. The predicted octanol–water partition coefficient (Wildman–Crippen LogP) is 0.641. The van der Waals surface area contributed by atoms with Gasteiger partial charge >= 0.3 is 11.9 Å². The Bertz CT molecular complexity index is 298. The van der Waals surface area contributed by atoms with Gasteiger partial charge in [-0.25, -0.2) is 0 Å². The molecule has 0 aliphatic heterocycles. The van der Waals surface area contributed by atoms with E-state index in [2.05, 4.69) is 9.47 Å². The molecule has 0 saturated heterocycles. The molecule has 6 heteroatoms. The number of hydrogen-bond donors (Lipinski definition) is 2. The number of hydrogen-bond acceptors (Lipinski definition) is 6. The molecule has 6 nitrogen and oxygen atoms in total. The number of rotatable bonds is 2. The van der Waals surface area contributed by atoms with Crippen molar-refractivity contribution >= 4 is 11.9 Å². The van der Waals surface area contributed by atoms with Gasteiger partial charge in [-0.1, -0.05) is 0 Å². The molecule has 0 heterocycles. The summed E-state index contributed by atoms with van der Waals surface area (Å²) in [5.74, 6) is -0.479. The largest absolute Gasteiger partial charge is 0.469 e. The lowest BCUT2D eigenvalue weighted by molar-refractivity contribution is -0.146. The van der Waals surface area contributed by atoms with Crippen molar-refractivity contribution in [1.82, 2.24) is 0 Å². The molecule has 4 atom stereocenters. The Kier molecular flexibility index (Phi) is 6.95. The maximum atomic E-state index is 10.8. The lowest BCUT2D eigenvalue weighted by Gasteiger charge is -2.04. The van der Waals surface area contributed by atoms with Crippen LogP contribution in [0.2, 0.25) is 0 Å². The molecule has 2 saturated carbocycles. The van der Waals surface area contributed by atoms with E-state index in [1.165, 1.54) is 14.2 Å². The number of carbonyl (C=O) groups is 2. The van der Waals surface area contributed by atoms with Crippen molar-refractivity contribution in [2.45, 2.75) is 50.7 Å². The Labute approximate surface area is 119 Å². The van der Waals surface area contributed by atoms with Crippen LogP contribution in [-0.4, -0.2) is 48.6 Å². The Balaban J connectivity index is 0.000000200. The number of methoxy groups -OCH3 is 2. The van der Waals surface area contributed by atoms with Crippen LogP contribution in [0.1, 0.15) is 38.5 Å². The molecule has 0 bridgehead atoms. The molecule has 20 heavy (non-hydrogen) atoms. The summed E-state index contributed by atoms with van der Waals surface area (Å²) in [6, 6.07) is 0. The van der Waals surface area contributed by atoms with Crippen molar-refractivity contribution in [2.24, 2.45) is 11.8 Å². The number of aliphatic hydroxyl groups excluding tert-OH is 2. The average Bonchev–Trinajstić information content (AvgIpc) is 3.06. The minimum Gasteiger partial charge on any atom is -0.469 e. The highest BCUT2D eigenvalue weighted by Gasteiger charge is 2.29. The standard InChI is InChI=1S/2C7H12O3/c2*1-10-7(9)5-2-3-6(8)4-5/h2*5-6,8H,2-4H2,1H3/t2*5-,6+/m10/s1. The van der Waals surface area contributed by atoms with E-state index in [0.29, 0.717) is 12.8 Å². The van der Waals surface area contributed by atoms with Gasteiger partial charge in [-0.15, -0.1) is 0 Å². The summed E-state index contributed by atoms with van der Waals surface area (Å²) < 4.78 is 9.06. The fraction of sp³-hybridized carbons (Fsp3) is 0.857. The Hall–Kier alpha value is -1.14. The fourth-order valence-electron chi connectivity index (χ4n) is 2.68. The highest BCUT2D eigenvalue weighted by molar-refractivity contribution is 5.73. The second kappa shape index (κ2) is 8.21. The number of aliphatic hydroxyl groups is 2. The molecule has 0 spiro atoms. The summed E-state index contributed by atoms with van der Waals surface area (Å²) in [5.41, 5.74) is 0. The summed E-state index contributed by atoms with van der Waals surface area (Å²) in [6.07, 6.45) is 3.59. The molecule has 2 rings (SSSR count). The molecule has 2 aliphatic carbocycles. The fourth-order valence-corrected chi connectivity index (χ4v) is 2.68. The van der Waals surface area contributed by atoms with Crippen LogP contribution in [0.25, 0.3) is 0 Å². The zero-order valence-corrected chi connectivity index (χ0v) is 12.1. The maximum Gasteiger partial charge on any atom is 0.308 e. The van der Waals surface area contributed by atoms with Gasteiger partial charge in [-0.2, -0.15) is 0 Å². The van der Waals surface area contributed by atoms with Gasteiger partial charge in [0.1, 0.15) is 0 Å².